The van der Waals surface area contributed by atoms with Crippen molar-refractivity contribution >= 4 is 40.9 Å². The van der Waals surface area contributed by atoms with Gasteiger partial charge in [0.1, 0.15) is 11.6 Å². The average Bonchev–Trinajstić information content (AvgIpc) is 3.32. The molecule has 5 rings (SSSR count). The van der Waals surface area contributed by atoms with Crippen LogP contribution in [-0.2, 0) is 6.42 Å². The summed E-state index contributed by atoms with van der Waals surface area (Å²) in [5.74, 6) is -0.464. The second-order valence-corrected chi connectivity index (χ2v) is 7.94. The first-order valence-electron chi connectivity index (χ1n) is 10.4. The van der Waals surface area contributed by atoms with E-state index in [1.54, 1.807) is 6.07 Å². The fourth-order valence-electron chi connectivity index (χ4n) is 4.79. The number of aromatic nitrogens is 1. The Kier molecular flexibility index (Phi) is 5.81. The van der Waals surface area contributed by atoms with E-state index in [4.69, 9.17) is 9.26 Å². The SMILES string of the molecule is CCc1c(N2CCC(c3noc4cc(F)ccc34)CC2)cc2c(c1OC)C(=O)NC2=O.Cl. The molecule has 0 unspecified atom stereocenters. The minimum atomic E-state index is -0.411. The molecule has 9 heteroatoms. The van der Waals surface area contributed by atoms with E-state index < -0.39 is 11.8 Å². The molecule has 7 nitrogen and oxygen atoms in total. The molecule has 0 atom stereocenters. The first-order chi connectivity index (χ1) is 15.0. The van der Waals surface area contributed by atoms with Gasteiger partial charge in [-0.15, -0.1) is 12.4 Å². The summed E-state index contributed by atoms with van der Waals surface area (Å²) < 4.78 is 24.4. The molecule has 1 N–H and O–H groups in total. The lowest BCUT2D eigenvalue weighted by atomic mass is 9.90. The minimum Gasteiger partial charge on any atom is -0.496 e. The molecule has 2 aliphatic heterocycles. The number of carbonyl (C=O) groups excluding carboxylic acids is 2. The van der Waals surface area contributed by atoms with E-state index in [1.807, 2.05) is 13.0 Å². The highest BCUT2D eigenvalue weighted by molar-refractivity contribution is 6.23. The number of carbonyl (C=O) groups is 2. The molecule has 3 heterocycles. The number of piperidine rings is 1. The Morgan fingerprint density at radius 1 is 1.22 bits per heavy atom. The Hall–Kier alpha value is -3.13. The summed E-state index contributed by atoms with van der Waals surface area (Å²) >= 11 is 0. The van der Waals surface area contributed by atoms with Crippen molar-refractivity contribution in [3.05, 3.63) is 52.5 Å². The number of amides is 2. The van der Waals surface area contributed by atoms with Crippen LogP contribution in [0.15, 0.2) is 28.8 Å². The monoisotopic (exact) mass is 459 g/mol. The Morgan fingerprint density at radius 3 is 2.66 bits per heavy atom. The number of methoxy groups -OCH3 is 1. The molecule has 0 radical (unpaired) electrons. The highest BCUT2D eigenvalue weighted by Crippen LogP contribution is 2.41. The minimum absolute atomic E-state index is 0. The van der Waals surface area contributed by atoms with E-state index in [9.17, 15) is 14.0 Å². The number of ether oxygens (including phenoxy) is 1. The molecule has 1 saturated heterocycles. The van der Waals surface area contributed by atoms with Crippen LogP contribution in [0, 0.1) is 5.82 Å². The van der Waals surface area contributed by atoms with Crippen LogP contribution in [0.25, 0.3) is 11.0 Å². The van der Waals surface area contributed by atoms with Crippen LogP contribution in [0.2, 0.25) is 0 Å². The molecule has 0 spiro atoms. The van der Waals surface area contributed by atoms with Crippen LogP contribution in [0.4, 0.5) is 10.1 Å². The van der Waals surface area contributed by atoms with Gasteiger partial charge < -0.3 is 14.2 Å². The van der Waals surface area contributed by atoms with Crippen molar-refractivity contribution < 1.29 is 23.2 Å². The molecular formula is C23H23ClFN3O4. The smallest absolute Gasteiger partial charge is 0.262 e. The van der Waals surface area contributed by atoms with Crippen molar-refractivity contribution in [3.63, 3.8) is 0 Å². The number of benzene rings is 2. The van der Waals surface area contributed by atoms with Gasteiger partial charge in [0.25, 0.3) is 11.8 Å². The average molecular weight is 460 g/mol. The van der Waals surface area contributed by atoms with Crippen LogP contribution >= 0.6 is 12.4 Å². The molecule has 1 fully saturated rings. The maximum absolute atomic E-state index is 13.5. The zero-order valence-corrected chi connectivity index (χ0v) is 18.6. The van der Waals surface area contributed by atoms with Gasteiger partial charge in [-0.2, -0.15) is 0 Å². The van der Waals surface area contributed by atoms with Gasteiger partial charge in [-0.3, -0.25) is 14.9 Å². The zero-order chi connectivity index (χ0) is 21.7. The standard InChI is InChI=1S/C23H22FN3O4.ClH/c1-3-14-17(11-16-19(21(14)30-2)23(29)25-22(16)28)27-8-6-12(7-9-27)20-15-5-4-13(24)10-18(15)31-26-20;/h4-5,10-12H,3,6-9H2,1-2H3,(H,25,28,29);1H. The molecule has 3 aromatic rings. The van der Waals surface area contributed by atoms with Gasteiger partial charge in [0.2, 0.25) is 0 Å². The lowest BCUT2D eigenvalue weighted by Crippen LogP contribution is -2.34. The number of hydrogen-bond donors (Lipinski definition) is 1. The first kappa shape index (κ1) is 22.1. The molecule has 32 heavy (non-hydrogen) atoms. The molecular weight excluding hydrogens is 437 g/mol. The largest absolute Gasteiger partial charge is 0.496 e. The van der Waals surface area contributed by atoms with E-state index in [0.717, 1.165) is 48.3 Å². The molecule has 0 aliphatic carbocycles. The number of fused-ring (bicyclic) bond motifs is 2. The van der Waals surface area contributed by atoms with Crippen LogP contribution in [-0.4, -0.2) is 37.2 Å². The Labute approximate surface area is 190 Å². The van der Waals surface area contributed by atoms with Crippen LogP contribution in [0.3, 0.4) is 0 Å². The van der Waals surface area contributed by atoms with E-state index in [0.29, 0.717) is 28.9 Å². The molecule has 168 valence electrons. The first-order valence-corrected chi connectivity index (χ1v) is 10.4. The molecule has 2 aliphatic rings. The van der Waals surface area contributed by atoms with Crippen molar-refractivity contribution in [3.8, 4) is 5.75 Å². The fraction of sp³-hybridized carbons (Fsp3) is 0.348. The van der Waals surface area contributed by atoms with Gasteiger partial charge in [-0.05, 0) is 37.5 Å². The predicted octanol–water partition coefficient (Wildman–Crippen LogP) is 4.23. The number of halogens is 2. The van der Waals surface area contributed by atoms with Crippen LogP contribution in [0.5, 0.6) is 5.75 Å². The highest BCUT2D eigenvalue weighted by Gasteiger charge is 2.35. The van der Waals surface area contributed by atoms with Crippen molar-refractivity contribution in [2.45, 2.75) is 32.1 Å². The van der Waals surface area contributed by atoms with Gasteiger partial charge in [0.15, 0.2) is 5.58 Å². The number of imide groups is 1. The summed E-state index contributed by atoms with van der Waals surface area (Å²) in [7, 11) is 1.53. The van der Waals surface area contributed by atoms with Gasteiger partial charge >= 0.3 is 0 Å². The number of nitrogens with one attached hydrogen (secondary N) is 1. The van der Waals surface area contributed by atoms with Crippen molar-refractivity contribution in [1.82, 2.24) is 10.5 Å². The third-order valence-corrected chi connectivity index (χ3v) is 6.30. The Bertz CT molecular complexity index is 1220. The number of anilines is 1. The molecule has 0 saturated carbocycles. The predicted molar refractivity (Wildman–Crippen MR) is 120 cm³/mol. The Morgan fingerprint density at radius 2 is 1.97 bits per heavy atom. The lowest BCUT2D eigenvalue weighted by Gasteiger charge is -2.35. The maximum atomic E-state index is 13.5. The molecule has 2 aromatic carbocycles. The van der Waals surface area contributed by atoms with E-state index >= 15 is 0 Å². The van der Waals surface area contributed by atoms with Gasteiger partial charge in [0.05, 0.1) is 23.9 Å². The van der Waals surface area contributed by atoms with Crippen molar-refractivity contribution in [2.24, 2.45) is 0 Å². The second kappa shape index (κ2) is 8.43. The lowest BCUT2D eigenvalue weighted by molar-refractivity contribution is 0.0879. The number of hydrogen-bond acceptors (Lipinski definition) is 6. The van der Waals surface area contributed by atoms with Crippen molar-refractivity contribution in [2.75, 3.05) is 25.1 Å². The fourth-order valence-corrected chi connectivity index (χ4v) is 4.79. The van der Waals surface area contributed by atoms with E-state index in [-0.39, 0.29) is 24.1 Å². The maximum Gasteiger partial charge on any atom is 0.262 e. The molecule has 1 aromatic heterocycles. The van der Waals surface area contributed by atoms with Crippen molar-refractivity contribution in [1.29, 1.82) is 0 Å². The third kappa shape index (κ3) is 3.39. The van der Waals surface area contributed by atoms with E-state index in [2.05, 4.69) is 15.4 Å². The second-order valence-electron chi connectivity index (χ2n) is 7.94. The summed E-state index contributed by atoms with van der Waals surface area (Å²) in [6.45, 7) is 3.52. The Balaban J connectivity index is 0.00000245. The summed E-state index contributed by atoms with van der Waals surface area (Å²) in [5.41, 5.74) is 3.86. The number of rotatable bonds is 4. The van der Waals surface area contributed by atoms with Crippen LogP contribution in [0.1, 0.15) is 57.7 Å². The van der Waals surface area contributed by atoms with Crippen LogP contribution < -0.4 is 15.0 Å². The molecule has 0 bridgehead atoms. The summed E-state index contributed by atoms with van der Waals surface area (Å²) in [6, 6.07) is 6.32. The highest BCUT2D eigenvalue weighted by atomic mass is 35.5. The van der Waals surface area contributed by atoms with Gasteiger partial charge in [-0.1, -0.05) is 12.1 Å². The quantitative estimate of drug-likeness (QED) is 0.588. The van der Waals surface area contributed by atoms with Gasteiger partial charge in [-0.25, -0.2) is 4.39 Å². The molecule has 2 amide bonds. The normalized spacial score (nSPS) is 16.2. The van der Waals surface area contributed by atoms with E-state index in [1.165, 1.54) is 19.2 Å². The summed E-state index contributed by atoms with van der Waals surface area (Å²) in [6.07, 6.45) is 2.35. The zero-order valence-electron chi connectivity index (χ0n) is 17.7. The summed E-state index contributed by atoms with van der Waals surface area (Å²) in [5, 5.41) is 7.43. The van der Waals surface area contributed by atoms with Gasteiger partial charge in [0, 0.05) is 41.7 Å². The third-order valence-electron chi connectivity index (χ3n) is 6.30. The summed E-state index contributed by atoms with van der Waals surface area (Å²) in [4.78, 5) is 26.8. The number of nitrogens with zero attached hydrogens (tertiary/aromatic N) is 2. The topological polar surface area (TPSA) is 84.7 Å².